The van der Waals surface area contributed by atoms with Gasteiger partial charge in [-0.2, -0.15) is 5.10 Å². The van der Waals surface area contributed by atoms with Crippen molar-refractivity contribution in [3.8, 4) is 0 Å². The van der Waals surface area contributed by atoms with Crippen LogP contribution in [0, 0.1) is 5.92 Å². The van der Waals surface area contributed by atoms with Gasteiger partial charge in [-0.15, -0.1) is 0 Å². The molecule has 7 nitrogen and oxygen atoms in total. The summed E-state index contributed by atoms with van der Waals surface area (Å²) in [5, 5.41) is 17.8. The van der Waals surface area contributed by atoms with Gasteiger partial charge in [-0.05, 0) is 25.0 Å². The van der Waals surface area contributed by atoms with E-state index in [1.165, 1.54) is 4.68 Å². The third-order valence-electron chi connectivity index (χ3n) is 4.39. The monoisotopic (exact) mass is 303 g/mol. The van der Waals surface area contributed by atoms with Crippen LogP contribution in [-0.2, 0) is 14.1 Å². The molecule has 2 heterocycles. The molecule has 3 atom stereocenters. The van der Waals surface area contributed by atoms with E-state index in [0.717, 1.165) is 18.1 Å². The van der Waals surface area contributed by atoms with Crippen LogP contribution in [0.15, 0.2) is 29.2 Å². The van der Waals surface area contributed by atoms with Crippen LogP contribution in [0.5, 0.6) is 0 Å². The Labute approximate surface area is 128 Å². The number of rotatable bonds is 4. The lowest BCUT2D eigenvalue weighted by Crippen LogP contribution is -2.22. The summed E-state index contributed by atoms with van der Waals surface area (Å²) in [4.78, 5) is 16.0. The first-order valence-corrected chi connectivity index (χ1v) is 7.49. The summed E-state index contributed by atoms with van der Waals surface area (Å²) in [5.74, 6) is 1.81. The average molecular weight is 303 g/mol. The Kier molecular flexibility index (Phi) is 3.98. The molecule has 0 unspecified atom stereocenters. The van der Waals surface area contributed by atoms with E-state index < -0.39 is 6.10 Å². The number of pyridine rings is 1. The van der Waals surface area contributed by atoms with Gasteiger partial charge in [0.15, 0.2) is 0 Å². The number of nitrogens with zero attached hydrogens (tertiary/aromatic N) is 4. The van der Waals surface area contributed by atoms with Gasteiger partial charge in [0.2, 0.25) is 0 Å². The minimum absolute atomic E-state index is 0.115. The van der Waals surface area contributed by atoms with Crippen molar-refractivity contribution in [2.75, 3.05) is 11.9 Å². The van der Waals surface area contributed by atoms with Crippen molar-refractivity contribution in [1.29, 1.82) is 0 Å². The molecule has 7 heteroatoms. The summed E-state index contributed by atoms with van der Waals surface area (Å²) in [6.07, 6.45) is 2.79. The molecular weight excluding hydrogens is 282 g/mol. The van der Waals surface area contributed by atoms with Crippen LogP contribution in [0.3, 0.4) is 0 Å². The molecule has 2 N–H and O–H groups in total. The summed E-state index contributed by atoms with van der Waals surface area (Å²) in [5.41, 5.74) is -0.125. The summed E-state index contributed by atoms with van der Waals surface area (Å²) >= 11 is 0. The van der Waals surface area contributed by atoms with Crippen LogP contribution in [0.25, 0.3) is 0 Å². The van der Waals surface area contributed by atoms with Crippen LogP contribution in [0.4, 0.5) is 5.82 Å². The maximum Gasteiger partial charge on any atom is 0.345 e. The molecule has 2 aromatic heterocycles. The highest BCUT2D eigenvalue weighted by atomic mass is 16.3. The Bertz CT molecular complexity index is 694. The largest absolute Gasteiger partial charge is 0.393 e. The number of nitrogens with one attached hydrogen (secondary N) is 1. The SMILES string of the molecule is Cn1nc([C@H]2C[C@H](CNc3ccccn3)[C@H](O)C2)n(C)c1=O. The first-order chi connectivity index (χ1) is 10.6. The van der Waals surface area contributed by atoms with Crippen LogP contribution in [0.1, 0.15) is 24.6 Å². The van der Waals surface area contributed by atoms with Crippen LogP contribution >= 0.6 is 0 Å². The standard InChI is InChI=1S/C15H21N5O2/c1-19-14(18-20(2)15(19)22)10-7-11(12(21)8-10)9-17-13-5-3-4-6-16-13/h3-6,10-12,21H,7-9H2,1-2H3,(H,16,17)/t10-,11+,12+/m0/s1. The summed E-state index contributed by atoms with van der Waals surface area (Å²) < 4.78 is 2.92. The number of hydrogen-bond donors (Lipinski definition) is 2. The van der Waals surface area contributed by atoms with Gasteiger partial charge in [-0.1, -0.05) is 6.07 Å². The van der Waals surface area contributed by atoms with Crippen molar-refractivity contribution in [3.05, 3.63) is 40.7 Å². The van der Waals surface area contributed by atoms with E-state index in [9.17, 15) is 9.90 Å². The van der Waals surface area contributed by atoms with E-state index >= 15 is 0 Å². The fourth-order valence-electron chi connectivity index (χ4n) is 3.17. The maximum atomic E-state index is 11.8. The summed E-state index contributed by atoms with van der Waals surface area (Å²) in [6.45, 7) is 0.662. The van der Waals surface area contributed by atoms with Gasteiger partial charge in [0.25, 0.3) is 0 Å². The number of aryl methyl sites for hydroxylation is 1. The van der Waals surface area contributed by atoms with Gasteiger partial charge in [0.05, 0.1) is 6.10 Å². The number of aromatic nitrogens is 4. The molecular formula is C15H21N5O2. The zero-order valence-corrected chi connectivity index (χ0v) is 12.8. The van der Waals surface area contributed by atoms with Crippen LogP contribution in [0.2, 0.25) is 0 Å². The van der Waals surface area contributed by atoms with Crippen molar-refractivity contribution >= 4 is 5.82 Å². The van der Waals surface area contributed by atoms with Crippen LogP contribution < -0.4 is 11.0 Å². The number of anilines is 1. The second kappa shape index (κ2) is 5.92. The van der Waals surface area contributed by atoms with Gasteiger partial charge in [0, 0.05) is 38.7 Å². The first-order valence-electron chi connectivity index (χ1n) is 7.49. The number of aliphatic hydroxyl groups excluding tert-OH is 1. The fourth-order valence-corrected chi connectivity index (χ4v) is 3.17. The number of hydrogen-bond acceptors (Lipinski definition) is 5. The highest BCUT2D eigenvalue weighted by Gasteiger charge is 2.36. The summed E-state index contributed by atoms with van der Waals surface area (Å²) in [7, 11) is 3.38. The van der Waals surface area contributed by atoms with E-state index in [0.29, 0.717) is 13.0 Å². The second-order valence-electron chi connectivity index (χ2n) is 5.92. The molecule has 118 valence electrons. The molecule has 0 spiro atoms. The minimum atomic E-state index is -0.390. The smallest absolute Gasteiger partial charge is 0.345 e. The molecule has 1 aliphatic rings. The van der Waals surface area contributed by atoms with Gasteiger partial charge in [-0.3, -0.25) is 4.57 Å². The Morgan fingerprint density at radius 2 is 2.18 bits per heavy atom. The second-order valence-corrected chi connectivity index (χ2v) is 5.92. The Morgan fingerprint density at radius 3 is 2.82 bits per heavy atom. The molecule has 3 rings (SSSR count). The molecule has 0 aliphatic heterocycles. The zero-order chi connectivity index (χ0) is 15.7. The van der Waals surface area contributed by atoms with E-state index in [1.807, 2.05) is 18.2 Å². The zero-order valence-electron chi connectivity index (χ0n) is 12.8. The average Bonchev–Trinajstić information content (AvgIpc) is 3.01. The molecule has 0 saturated heterocycles. The lowest BCUT2D eigenvalue weighted by molar-refractivity contribution is 0.137. The predicted molar refractivity (Wildman–Crippen MR) is 82.6 cm³/mol. The third-order valence-corrected chi connectivity index (χ3v) is 4.39. The highest BCUT2D eigenvalue weighted by Crippen LogP contribution is 2.37. The molecule has 1 aliphatic carbocycles. The van der Waals surface area contributed by atoms with Gasteiger partial charge < -0.3 is 10.4 Å². The molecule has 1 saturated carbocycles. The maximum absolute atomic E-state index is 11.8. The first kappa shape index (κ1) is 14.8. The molecule has 22 heavy (non-hydrogen) atoms. The normalized spacial score (nSPS) is 24.6. The third kappa shape index (κ3) is 2.76. The number of aliphatic hydroxyl groups is 1. The van der Waals surface area contributed by atoms with Crippen LogP contribution in [-0.4, -0.2) is 37.1 Å². The van der Waals surface area contributed by atoms with Crippen molar-refractivity contribution < 1.29 is 5.11 Å². The quantitative estimate of drug-likeness (QED) is 0.858. The van der Waals surface area contributed by atoms with Crippen molar-refractivity contribution in [3.63, 3.8) is 0 Å². The molecule has 1 fully saturated rings. The molecule has 0 aromatic carbocycles. The lowest BCUT2D eigenvalue weighted by atomic mass is 10.0. The molecule has 0 bridgehead atoms. The highest BCUT2D eigenvalue weighted by molar-refractivity contribution is 5.33. The summed E-state index contributed by atoms with van der Waals surface area (Å²) in [6, 6.07) is 5.70. The topological polar surface area (TPSA) is 85.0 Å². The minimum Gasteiger partial charge on any atom is -0.393 e. The fraction of sp³-hybridized carbons (Fsp3) is 0.533. The molecule has 0 amide bonds. The van der Waals surface area contributed by atoms with E-state index in [4.69, 9.17) is 0 Å². The van der Waals surface area contributed by atoms with Gasteiger partial charge >= 0.3 is 5.69 Å². The van der Waals surface area contributed by atoms with Gasteiger partial charge in [0.1, 0.15) is 11.6 Å². The van der Waals surface area contributed by atoms with Gasteiger partial charge in [-0.25, -0.2) is 14.5 Å². The predicted octanol–water partition coefficient (Wildman–Crippen LogP) is 0.480. The van der Waals surface area contributed by atoms with Crippen molar-refractivity contribution in [2.45, 2.75) is 24.9 Å². The molecule has 2 aromatic rings. The Balaban J connectivity index is 1.66. The molecule has 0 radical (unpaired) electrons. The van der Waals surface area contributed by atoms with E-state index in [2.05, 4.69) is 15.4 Å². The van der Waals surface area contributed by atoms with E-state index in [-0.39, 0.29) is 17.5 Å². The van der Waals surface area contributed by atoms with E-state index in [1.54, 1.807) is 24.9 Å². The Morgan fingerprint density at radius 1 is 1.36 bits per heavy atom. The lowest BCUT2D eigenvalue weighted by Gasteiger charge is -2.15. The Hall–Kier alpha value is -2.15. The van der Waals surface area contributed by atoms with Crippen molar-refractivity contribution in [1.82, 2.24) is 19.3 Å². The van der Waals surface area contributed by atoms with Crippen molar-refractivity contribution in [2.24, 2.45) is 20.0 Å².